The summed E-state index contributed by atoms with van der Waals surface area (Å²) >= 11 is 0. The zero-order valence-corrected chi connectivity index (χ0v) is 11.0. The molecule has 1 aliphatic rings. The van der Waals surface area contributed by atoms with Crippen molar-refractivity contribution in [1.82, 2.24) is 14.3 Å². The Kier molecular flexibility index (Phi) is 6.05. The van der Waals surface area contributed by atoms with Crippen LogP contribution in [0.4, 0.5) is 0 Å². The fourth-order valence-electron chi connectivity index (χ4n) is 1.33. The van der Waals surface area contributed by atoms with Gasteiger partial charge in [0, 0.05) is 25.7 Å². The van der Waals surface area contributed by atoms with E-state index in [-0.39, 0.29) is 24.5 Å². The maximum atomic E-state index is 11.7. The predicted molar refractivity (Wildman–Crippen MR) is 63.5 cm³/mol. The third-order valence-corrected chi connectivity index (χ3v) is 4.29. The molecule has 1 fully saturated rings. The summed E-state index contributed by atoms with van der Waals surface area (Å²) in [4.78, 5) is 0. The minimum absolute atomic E-state index is 0. The third kappa shape index (κ3) is 4.24. The molecule has 0 aromatic rings. The first-order valence-corrected chi connectivity index (χ1v) is 6.33. The van der Waals surface area contributed by atoms with E-state index >= 15 is 0 Å². The van der Waals surface area contributed by atoms with E-state index in [0.717, 1.165) is 19.5 Å². The molecule has 92 valence electrons. The lowest BCUT2D eigenvalue weighted by molar-refractivity contribution is 0.397. The quantitative estimate of drug-likeness (QED) is 0.742. The smallest absolute Gasteiger partial charge is 0.279 e. The van der Waals surface area contributed by atoms with E-state index in [9.17, 15) is 8.42 Å². The van der Waals surface area contributed by atoms with Gasteiger partial charge >= 0.3 is 0 Å². The van der Waals surface area contributed by atoms with Gasteiger partial charge in [0.15, 0.2) is 0 Å². The van der Waals surface area contributed by atoms with Gasteiger partial charge in [0.2, 0.25) is 0 Å². The van der Waals surface area contributed by atoms with Crippen LogP contribution in [0.15, 0.2) is 0 Å². The number of rotatable bonds is 4. The van der Waals surface area contributed by atoms with Gasteiger partial charge in [0.1, 0.15) is 0 Å². The van der Waals surface area contributed by atoms with Gasteiger partial charge in [-0.1, -0.05) is 0 Å². The Morgan fingerprint density at radius 3 is 2.47 bits per heavy atom. The number of hydrogen-bond acceptors (Lipinski definition) is 3. The van der Waals surface area contributed by atoms with Crippen LogP contribution in [0.1, 0.15) is 20.3 Å². The molecule has 1 heterocycles. The molecule has 0 amide bonds. The van der Waals surface area contributed by atoms with Crippen molar-refractivity contribution in [2.24, 2.45) is 0 Å². The van der Waals surface area contributed by atoms with E-state index in [4.69, 9.17) is 0 Å². The first-order valence-electron chi connectivity index (χ1n) is 4.89. The molecule has 2 N–H and O–H groups in total. The van der Waals surface area contributed by atoms with Crippen LogP contribution in [0.2, 0.25) is 0 Å². The standard InChI is InChI=1S/C8H19N3O2S.ClH/c1-7(2)11(3)14(12,13)10-8-4-5-9-6-8;/h7-10H,4-6H2,1-3H3;1H. The van der Waals surface area contributed by atoms with Gasteiger partial charge in [-0.3, -0.25) is 0 Å². The largest absolute Gasteiger partial charge is 0.315 e. The molecule has 1 rings (SSSR count). The number of nitrogens with zero attached hydrogens (tertiary/aromatic N) is 1. The second-order valence-corrected chi connectivity index (χ2v) is 5.68. The van der Waals surface area contributed by atoms with Crippen LogP contribution >= 0.6 is 12.4 Å². The van der Waals surface area contributed by atoms with Crippen molar-refractivity contribution < 1.29 is 8.42 Å². The highest BCUT2D eigenvalue weighted by Crippen LogP contribution is 2.05. The van der Waals surface area contributed by atoms with Crippen LogP contribution < -0.4 is 10.0 Å². The monoisotopic (exact) mass is 257 g/mol. The predicted octanol–water partition coefficient (Wildman–Crippen LogP) is -0.0553. The molecule has 7 heteroatoms. The maximum Gasteiger partial charge on any atom is 0.279 e. The summed E-state index contributed by atoms with van der Waals surface area (Å²) in [6, 6.07) is 0.0306. The zero-order chi connectivity index (χ0) is 10.8. The minimum atomic E-state index is -3.30. The molecule has 1 aliphatic heterocycles. The Morgan fingerprint density at radius 2 is 2.07 bits per heavy atom. The van der Waals surface area contributed by atoms with Gasteiger partial charge in [0.25, 0.3) is 10.2 Å². The molecule has 0 radical (unpaired) electrons. The van der Waals surface area contributed by atoms with Gasteiger partial charge < -0.3 is 5.32 Å². The molecule has 15 heavy (non-hydrogen) atoms. The lowest BCUT2D eigenvalue weighted by Crippen LogP contribution is -2.46. The van der Waals surface area contributed by atoms with E-state index in [1.54, 1.807) is 7.05 Å². The van der Waals surface area contributed by atoms with E-state index in [1.165, 1.54) is 4.31 Å². The van der Waals surface area contributed by atoms with Crippen LogP contribution in [-0.2, 0) is 10.2 Å². The minimum Gasteiger partial charge on any atom is -0.315 e. The second-order valence-electron chi connectivity index (χ2n) is 3.92. The fourth-order valence-corrected chi connectivity index (χ4v) is 2.67. The van der Waals surface area contributed by atoms with Gasteiger partial charge in [-0.05, 0) is 26.8 Å². The average molecular weight is 258 g/mol. The van der Waals surface area contributed by atoms with Crippen LogP contribution in [-0.4, -0.2) is 44.9 Å². The first-order chi connectivity index (χ1) is 6.43. The average Bonchev–Trinajstić information content (AvgIpc) is 2.54. The van der Waals surface area contributed by atoms with Gasteiger partial charge in [-0.2, -0.15) is 17.4 Å². The van der Waals surface area contributed by atoms with Crippen molar-refractivity contribution in [2.75, 3.05) is 20.1 Å². The molecule has 5 nitrogen and oxygen atoms in total. The summed E-state index contributed by atoms with van der Waals surface area (Å²) in [5, 5.41) is 3.12. The van der Waals surface area contributed by atoms with E-state index < -0.39 is 10.2 Å². The summed E-state index contributed by atoms with van der Waals surface area (Å²) in [5.41, 5.74) is 0. The Balaban J connectivity index is 0.00000196. The van der Waals surface area contributed by atoms with Crippen LogP contribution in [0.25, 0.3) is 0 Å². The van der Waals surface area contributed by atoms with Gasteiger partial charge in [-0.15, -0.1) is 12.4 Å². The molecule has 0 aromatic heterocycles. The molecule has 1 unspecified atom stereocenters. The van der Waals surface area contributed by atoms with Crippen molar-refractivity contribution in [1.29, 1.82) is 0 Å². The highest BCUT2D eigenvalue weighted by Gasteiger charge is 2.25. The summed E-state index contributed by atoms with van der Waals surface area (Å²) < 4.78 is 27.5. The third-order valence-electron chi connectivity index (χ3n) is 2.48. The molecular weight excluding hydrogens is 238 g/mol. The first kappa shape index (κ1) is 15.1. The molecule has 1 saturated heterocycles. The maximum absolute atomic E-state index is 11.7. The lowest BCUT2D eigenvalue weighted by atomic mass is 10.3. The second kappa shape index (κ2) is 6.00. The molecule has 0 aromatic carbocycles. The molecule has 0 saturated carbocycles. The Hall–Kier alpha value is 0.120. The fraction of sp³-hybridized carbons (Fsp3) is 1.00. The lowest BCUT2D eigenvalue weighted by Gasteiger charge is -2.23. The molecule has 0 spiro atoms. The summed E-state index contributed by atoms with van der Waals surface area (Å²) in [6.45, 7) is 5.32. The summed E-state index contributed by atoms with van der Waals surface area (Å²) in [5.74, 6) is 0. The van der Waals surface area contributed by atoms with Crippen molar-refractivity contribution >= 4 is 22.6 Å². The Bertz CT molecular complexity index is 276. The van der Waals surface area contributed by atoms with Crippen molar-refractivity contribution in [3.8, 4) is 0 Å². The highest BCUT2D eigenvalue weighted by atomic mass is 35.5. The SMILES string of the molecule is CC(C)N(C)S(=O)(=O)NC1CCNC1.Cl. The Labute approximate surface area is 98.2 Å². The number of nitrogens with one attached hydrogen (secondary N) is 2. The number of halogens is 1. The van der Waals surface area contributed by atoms with Gasteiger partial charge in [0.05, 0.1) is 0 Å². The highest BCUT2D eigenvalue weighted by molar-refractivity contribution is 7.87. The molecular formula is C8H20ClN3O2S. The zero-order valence-electron chi connectivity index (χ0n) is 9.36. The van der Waals surface area contributed by atoms with E-state index in [1.807, 2.05) is 13.8 Å². The van der Waals surface area contributed by atoms with E-state index in [2.05, 4.69) is 10.0 Å². The number of hydrogen-bond donors (Lipinski definition) is 2. The summed E-state index contributed by atoms with van der Waals surface area (Å²) in [7, 11) is -1.71. The molecule has 0 aliphatic carbocycles. The topological polar surface area (TPSA) is 61.4 Å². The van der Waals surface area contributed by atoms with E-state index in [0.29, 0.717) is 0 Å². The normalized spacial score (nSPS) is 22.1. The molecule has 0 bridgehead atoms. The van der Waals surface area contributed by atoms with Crippen molar-refractivity contribution in [2.45, 2.75) is 32.4 Å². The summed E-state index contributed by atoms with van der Waals surface area (Å²) in [6.07, 6.45) is 0.866. The van der Waals surface area contributed by atoms with Crippen LogP contribution in [0.5, 0.6) is 0 Å². The van der Waals surface area contributed by atoms with Crippen LogP contribution in [0, 0.1) is 0 Å². The van der Waals surface area contributed by atoms with Crippen LogP contribution in [0.3, 0.4) is 0 Å². The van der Waals surface area contributed by atoms with Crippen molar-refractivity contribution in [3.63, 3.8) is 0 Å². The van der Waals surface area contributed by atoms with Gasteiger partial charge in [-0.25, -0.2) is 0 Å². The molecule has 1 atom stereocenters. The Morgan fingerprint density at radius 1 is 1.47 bits per heavy atom. The van der Waals surface area contributed by atoms with Crippen molar-refractivity contribution in [3.05, 3.63) is 0 Å².